The van der Waals surface area contributed by atoms with Crippen molar-refractivity contribution in [1.29, 1.82) is 5.26 Å². The molecule has 5 rings (SSSR count). The first kappa shape index (κ1) is 20.2. The van der Waals surface area contributed by atoms with E-state index in [-0.39, 0.29) is 5.41 Å². The van der Waals surface area contributed by atoms with Gasteiger partial charge in [-0.3, -0.25) is 4.99 Å². The summed E-state index contributed by atoms with van der Waals surface area (Å²) in [5.41, 5.74) is 11.2. The Kier molecular flexibility index (Phi) is 4.69. The number of hydrogen-bond donors (Lipinski definition) is 1. The van der Waals surface area contributed by atoms with Gasteiger partial charge in [-0.2, -0.15) is 5.26 Å². The topological polar surface area (TPSA) is 83.8 Å². The Bertz CT molecular complexity index is 1150. The molecule has 0 saturated heterocycles. The van der Waals surface area contributed by atoms with Crippen molar-refractivity contribution < 1.29 is 4.74 Å². The monoisotopic (exact) mass is 432 g/mol. The number of ether oxygens (including phenoxy) is 1. The number of nitrogens with zero attached hydrogens (tertiary/aromatic N) is 3. The molecule has 2 aliphatic carbocycles. The number of nitriles is 1. The van der Waals surface area contributed by atoms with E-state index in [4.69, 9.17) is 32.1 Å². The molecule has 31 heavy (non-hydrogen) atoms. The van der Waals surface area contributed by atoms with Crippen LogP contribution in [0.3, 0.4) is 0 Å². The number of halogens is 1. The number of methoxy groups -OCH3 is 1. The van der Waals surface area contributed by atoms with Gasteiger partial charge in [0, 0.05) is 23.1 Å². The molecule has 6 heteroatoms. The zero-order valence-corrected chi connectivity index (χ0v) is 18.5. The number of nitrogens with two attached hydrogens (primary N) is 1. The maximum atomic E-state index is 9.35. The summed E-state index contributed by atoms with van der Waals surface area (Å²) in [5, 5.41) is 9.91. The Morgan fingerprint density at radius 2 is 1.90 bits per heavy atom. The molecule has 1 atom stereocenters. The zero-order chi connectivity index (χ0) is 21.8. The summed E-state index contributed by atoms with van der Waals surface area (Å²) in [6.07, 6.45) is 5.24. The van der Waals surface area contributed by atoms with E-state index in [1.807, 2.05) is 19.1 Å². The lowest BCUT2D eigenvalue weighted by atomic mass is 9.65. The third-order valence-electron chi connectivity index (χ3n) is 7.32. The lowest BCUT2D eigenvalue weighted by Crippen LogP contribution is -2.43. The Hall–Kier alpha value is -2.68. The first-order chi connectivity index (χ1) is 14.9. The van der Waals surface area contributed by atoms with E-state index < -0.39 is 5.66 Å². The van der Waals surface area contributed by atoms with Gasteiger partial charge in [-0.1, -0.05) is 23.7 Å². The molecule has 5 nitrogen and oxygen atoms in total. The lowest BCUT2D eigenvalue weighted by molar-refractivity contribution is -0.000372. The summed E-state index contributed by atoms with van der Waals surface area (Å²) in [7, 11) is 1.79. The van der Waals surface area contributed by atoms with Crippen LogP contribution in [0, 0.1) is 16.7 Å². The van der Waals surface area contributed by atoms with Crippen LogP contribution in [0.5, 0.6) is 0 Å². The van der Waals surface area contributed by atoms with Gasteiger partial charge < -0.3 is 10.5 Å². The van der Waals surface area contributed by atoms with Gasteiger partial charge in [-0.25, -0.2) is 4.99 Å². The standard InChI is InChI=1S/C25H25ClN4O/c1-15-23(28)30-25(29-15)22-12-17(19-9-16(14-27)10-20(26)11-19)3-4-18(22)13-24(25)7-5-21(31-2)6-8-24/h3-4,9-12,21H,5-8,13H2,1-2H3,(H2,28,30)/t21?,24?,25-/m0/s1. The summed E-state index contributed by atoms with van der Waals surface area (Å²) in [4.78, 5) is 10.2. The van der Waals surface area contributed by atoms with E-state index in [0.29, 0.717) is 22.5 Å². The van der Waals surface area contributed by atoms with Gasteiger partial charge in [0.05, 0.1) is 23.4 Å². The van der Waals surface area contributed by atoms with E-state index in [1.165, 1.54) is 5.56 Å². The van der Waals surface area contributed by atoms with E-state index in [1.54, 1.807) is 13.2 Å². The molecule has 0 bridgehead atoms. The Morgan fingerprint density at radius 1 is 1.13 bits per heavy atom. The average molecular weight is 433 g/mol. The molecular formula is C25H25ClN4O. The fraction of sp³-hybridized carbons (Fsp3) is 0.400. The Balaban J connectivity index is 1.65. The quantitative estimate of drug-likeness (QED) is 0.725. The van der Waals surface area contributed by atoms with Gasteiger partial charge >= 0.3 is 0 Å². The largest absolute Gasteiger partial charge is 0.382 e. The normalized spacial score (nSPS) is 29.0. The number of amidine groups is 1. The predicted octanol–water partition coefficient (Wildman–Crippen LogP) is 4.99. The van der Waals surface area contributed by atoms with Gasteiger partial charge in [-0.05, 0) is 80.0 Å². The molecule has 3 aliphatic rings. The first-order valence-corrected chi connectivity index (χ1v) is 11.1. The molecule has 2 aromatic rings. The molecule has 0 unspecified atom stereocenters. The van der Waals surface area contributed by atoms with E-state index in [0.717, 1.165) is 54.5 Å². The Labute approximate surface area is 187 Å². The molecule has 1 aliphatic heterocycles. The molecule has 0 amide bonds. The van der Waals surface area contributed by atoms with Crippen molar-refractivity contribution in [3.05, 3.63) is 58.1 Å². The number of aliphatic imine (C=N–C) groups is 2. The second-order valence-electron chi connectivity index (χ2n) is 8.97. The number of hydrogen-bond acceptors (Lipinski definition) is 5. The van der Waals surface area contributed by atoms with Crippen molar-refractivity contribution in [2.24, 2.45) is 21.1 Å². The highest BCUT2D eigenvalue weighted by atomic mass is 35.5. The van der Waals surface area contributed by atoms with Crippen LogP contribution in [-0.4, -0.2) is 24.8 Å². The lowest BCUT2D eigenvalue weighted by Gasteiger charge is -2.44. The molecule has 2 spiro atoms. The van der Waals surface area contributed by atoms with Gasteiger partial charge in [0.1, 0.15) is 5.84 Å². The molecule has 0 radical (unpaired) electrons. The minimum atomic E-state index is -0.679. The predicted molar refractivity (Wildman–Crippen MR) is 123 cm³/mol. The second-order valence-corrected chi connectivity index (χ2v) is 9.41. The highest BCUT2D eigenvalue weighted by Crippen LogP contribution is 2.62. The van der Waals surface area contributed by atoms with Gasteiger partial charge in [0.25, 0.3) is 0 Å². The van der Waals surface area contributed by atoms with Crippen LogP contribution in [0.1, 0.15) is 49.3 Å². The fourth-order valence-corrected chi connectivity index (χ4v) is 5.91. The first-order valence-electron chi connectivity index (χ1n) is 10.7. The third-order valence-corrected chi connectivity index (χ3v) is 7.54. The molecule has 1 fully saturated rings. The van der Waals surface area contributed by atoms with Crippen molar-refractivity contribution >= 4 is 23.1 Å². The number of benzene rings is 2. The van der Waals surface area contributed by atoms with Crippen molar-refractivity contribution in [2.75, 3.05) is 7.11 Å². The highest BCUT2D eigenvalue weighted by Gasteiger charge is 2.60. The molecular weight excluding hydrogens is 408 g/mol. The zero-order valence-electron chi connectivity index (χ0n) is 17.8. The second kappa shape index (κ2) is 7.19. The van der Waals surface area contributed by atoms with Gasteiger partial charge in [0.2, 0.25) is 0 Å². The van der Waals surface area contributed by atoms with Crippen LogP contribution in [0.25, 0.3) is 11.1 Å². The SMILES string of the molecule is COC1CCC2(CC1)Cc1ccc(-c3cc(Cl)cc(C#N)c3)cc1[C@@]21N=C(C)C(N)=N1. The molecule has 0 aromatic heterocycles. The highest BCUT2D eigenvalue weighted by molar-refractivity contribution is 6.41. The smallest absolute Gasteiger partial charge is 0.184 e. The number of fused-ring (bicyclic) bond motifs is 3. The summed E-state index contributed by atoms with van der Waals surface area (Å²) >= 11 is 6.28. The van der Waals surface area contributed by atoms with Crippen molar-refractivity contribution in [3.63, 3.8) is 0 Å². The van der Waals surface area contributed by atoms with Crippen LogP contribution < -0.4 is 5.73 Å². The summed E-state index contributed by atoms with van der Waals surface area (Å²) in [6.45, 7) is 1.94. The summed E-state index contributed by atoms with van der Waals surface area (Å²) in [5.74, 6) is 0.529. The van der Waals surface area contributed by atoms with E-state index in [9.17, 15) is 5.26 Å². The maximum Gasteiger partial charge on any atom is 0.184 e. The van der Waals surface area contributed by atoms with Crippen LogP contribution in [0.15, 0.2) is 46.4 Å². The molecule has 2 aromatic carbocycles. The van der Waals surface area contributed by atoms with E-state index in [2.05, 4.69) is 24.3 Å². The van der Waals surface area contributed by atoms with Crippen LogP contribution >= 0.6 is 11.6 Å². The average Bonchev–Trinajstić information content (AvgIpc) is 3.21. The maximum absolute atomic E-state index is 9.35. The minimum Gasteiger partial charge on any atom is -0.382 e. The van der Waals surface area contributed by atoms with Crippen LogP contribution in [0.4, 0.5) is 0 Å². The summed E-state index contributed by atoms with van der Waals surface area (Å²) < 4.78 is 5.64. The van der Waals surface area contributed by atoms with Gasteiger partial charge in [0.15, 0.2) is 5.66 Å². The van der Waals surface area contributed by atoms with Crippen LogP contribution in [-0.2, 0) is 16.8 Å². The third kappa shape index (κ3) is 3.01. The molecule has 158 valence electrons. The van der Waals surface area contributed by atoms with Crippen molar-refractivity contribution in [1.82, 2.24) is 0 Å². The fourth-order valence-electron chi connectivity index (χ4n) is 5.67. The van der Waals surface area contributed by atoms with Gasteiger partial charge in [-0.15, -0.1) is 0 Å². The molecule has 1 heterocycles. The van der Waals surface area contributed by atoms with E-state index >= 15 is 0 Å². The Morgan fingerprint density at radius 3 is 2.55 bits per heavy atom. The van der Waals surface area contributed by atoms with Crippen molar-refractivity contribution in [2.45, 2.75) is 50.8 Å². The number of rotatable bonds is 2. The minimum absolute atomic E-state index is 0.0858. The molecule has 1 saturated carbocycles. The molecule has 2 N–H and O–H groups in total. The van der Waals surface area contributed by atoms with Crippen molar-refractivity contribution in [3.8, 4) is 17.2 Å². The van der Waals surface area contributed by atoms with Crippen LogP contribution in [0.2, 0.25) is 5.02 Å². The summed E-state index contributed by atoms with van der Waals surface area (Å²) in [6, 6.07) is 14.1.